The number of anilines is 1. The molecule has 0 radical (unpaired) electrons. The van der Waals surface area contributed by atoms with Crippen molar-refractivity contribution in [2.45, 2.75) is 26.1 Å². The maximum absolute atomic E-state index is 14.7. The lowest BCUT2D eigenvalue weighted by Gasteiger charge is -2.34. The maximum Gasteiger partial charge on any atom is 0.410 e. The number of amides is 1. The second kappa shape index (κ2) is 8.42. The summed E-state index contributed by atoms with van der Waals surface area (Å²) in [6, 6.07) is 7.77. The summed E-state index contributed by atoms with van der Waals surface area (Å²) < 4.78 is 20.0. The molecule has 1 fully saturated rings. The minimum absolute atomic E-state index is 0.0317. The van der Waals surface area contributed by atoms with Crippen LogP contribution in [0.3, 0.4) is 0 Å². The molecule has 2 aromatic heterocycles. The molecule has 0 saturated carbocycles. The van der Waals surface area contributed by atoms with Gasteiger partial charge in [-0.3, -0.25) is 5.10 Å². The van der Waals surface area contributed by atoms with Crippen molar-refractivity contribution in [3.63, 3.8) is 0 Å². The van der Waals surface area contributed by atoms with Crippen LogP contribution < -0.4 is 5.32 Å². The Balaban J connectivity index is 1.27. The molecule has 0 unspecified atom stereocenters. The largest absolute Gasteiger partial charge is 0.445 e. The van der Waals surface area contributed by atoms with E-state index < -0.39 is 12.3 Å². The van der Waals surface area contributed by atoms with Gasteiger partial charge < -0.3 is 15.0 Å². The molecule has 2 atom stereocenters. The number of halogens is 1. The van der Waals surface area contributed by atoms with E-state index >= 15 is 0 Å². The number of rotatable bonds is 5. The lowest BCUT2D eigenvalue weighted by Crippen LogP contribution is -2.46. The van der Waals surface area contributed by atoms with Crippen LogP contribution in [0.25, 0.3) is 11.0 Å². The number of likely N-dealkylation sites (tertiary alicyclic amines) is 1. The Kier molecular flexibility index (Phi) is 5.55. The van der Waals surface area contributed by atoms with Crippen LogP contribution in [-0.4, -0.2) is 57.0 Å². The quantitative estimate of drug-likeness (QED) is 0.686. The number of nitrogens with zero attached hydrogens (tertiary/aromatic N) is 4. The zero-order chi connectivity index (χ0) is 20.2. The predicted octanol–water partition coefficient (Wildman–Crippen LogP) is 3.07. The summed E-state index contributed by atoms with van der Waals surface area (Å²) >= 11 is 0. The SMILES string of the molecule is Cc1ccc(COC(=O)N2CC[C@@H](CNc3ncnc4[nH]ncc34)[C@@H](F)C2)cc1. The van der Waals surface area contributed by atoms with E-state index in [9.17, 15) is 9.18 Å². The highest BCUT2D eigenvalue weighted by Gasteiger charge is 2.32. The molecule has 0 bridgehead atoms. The van der Waals surface area contributed by atoms with Crippen LogP contribution in [0.1, 0.15) is 17.5 Å². The van der Waals surface area contributed by atoms with E-state index in [2.05, 4.69) is 25.5 Å². The summed E-state index contributed by atoms with van der Waals surface area (Å²) in [4.78, 5) is 22.0. The first-order valence-electron chi connectivity index (χ1n) is 9.59. The van der Waals surface area contributed by atoms with Crippen molar-refractivity contribution in [3.8, 4) is 0 Å². The molecule has 3 aromatic rings. The molecule has 0 spiro atoms. The first kappa shape index (κ1) is 19.1. The Labute approximate surface area is 167 Å². The minimum atomic E-state index is -1.13. The van der Waals surface area contributed by atoms with Crippen molar-refractivity contribution in [1.29, 1.82) is 0 Å². The molecule has 1 aliphatic heterocycles. The van der Waals surface area contributed by atoms with E-state index in [1.54, 1.807) is 6.20 Å². The molecule has 152 valence electrons. The van der Waals surface area contributed by atoms with Crippen molar-refractivity contribution in [2.24, 2.45) is 5.92 Å². The van der Waals surface area contributed by atoms with Crippen molar-refractivity contribution in [1.82, 2.24) is 25.1 Å². The highest BCUT2D eigenvalue weighted by Crippen LogP contribution is 2.23. The van der Waals surface area contributed by atoms with Crippen LogP contribution in [0.15, 0.2) is 36.8 Å². The molecule has 1 aromatic carbocycles. The van der Waals surface area contributed by atoms with Gasteiger partial charge in [0, 0.05) is 19.0 Å². The number of aryl methyl sites for hydroxylation is 1. The second-order valence-corrected chi connectivity index (χ2v) is 7.29. The monoisotopic (exact) mass is 398 g/mol. The molecule has 1 aliphatic rings. The van der Waals surface area contributed by atoms with Gasteiger partial charge in [-0.2, -0.15) is 5.10 Å². The van der Waals surface area contributed by atoms with Crippen molar-refractivity contribution < 1.29 is 13.9 Å². The number of aromatic nitrogens is 4. The number of fused-ring (bicyclic) bond motifs is 1. The summed E-state index contributed by atoms with van der Waals surface area (Å²) in [5, 5.41) is 10.7. The lowest BCUT2D eigenvalue weighted by molar-refractivity contribution is 0.0544. The normalized spacial score (nSPS) is 19.3. The third kappa shape index (κ3) is 4.44. The van der Waals surface area contributed by atoms with Crippen LogP contribution in [-0.2, 0) is 11.3 Å². The number of H-pyrrole nitrogens is 1. The highest BCUT2D eigenvalue weighted by molar-refractivity contribution is 5.85. The molecule has 3 heterocycles. The van der Waals surface area contributed by atoms with E-state index in [1.165, 1.54) is 11.2 Å². The summed E-state index contributed by atoms with van der Waals surface area (Å²) in [5.74, 6) is 0.406. The molecule has 1 amide bonds. The third-order valence-corrected chi connectivity index (χ3v) is 5.20. The summed E-state index contributed by atoms with van der Waals surface area (Å²) in [5.41, 5.74) is 2.69. The Bertz CT molecular complexity index is 977. The van der Waals surface area contributed by atoms with Crippen molar-refractivity contribution >= 4 is 22.9 Å². The first-order valence-corrected chi connectivity index (χ1v) is 9.59. The molecule has 0 aliphatic carbocycles. The second-order valence-electron chi connectivity index (χ2n) is 7.29. The number of ether oxygens (including phenoxy) is 1. The average Bonchev–Trinajstić information content (AvgIpc) is 3.22. The molecule has 9 heteroatoms. The number of carbonyl (C=O) groups excluding carboxylic acids is 1. The summed E-state index contributed by atoms with van der Waals surface area (Å²) in [7, 11) is 0. The number of alkyl halides is 1. The van der Waals surface area contributed by atoms with Gasteiger partial charge in [-0.05, 0) is 18.9 Å². The fourth-order valence-electron chi connectivity index (χ4n) is 3.40. The lowest BCUT2D eigenvalue weighted by atomic mass is 9.95. The molecule has 2 N–H and O–H groups in total. The van der Waals surface area contributed by atoms with Gasteiger partial charge in [0.1, 0.15) is 24.9 Å². The Hall–Kier alpha value is -3.23. The number of aromatic amines is 1. The Morgan fingerprint density at radius 3 is 2.97 bits per heavy atom. The van der Waals surface area contributed by atoms with Crippen LogP contribution >= 0.6 is 0 Å². The number of benzene rings is 1. The van der Waals surface area contributed by atoms with E-state index in [4.69, 9.17) is 4.74 Å². The van der Waals surface area contributed by atoms with E-state index in [1.807, 2.05) is 31.2 Å². The number of piperidine rings is 1. The number of carbonyl (C=O) groups is 1. The van der Waals surface area contributed by atoms with Crippen LogP contribution in [0.5, 0.6) is 0 Å². The van der Waals surface area contributed by atoms with Gasteiger partial charge >= 0.3 is 6.09 Å². The van der Waals surface area contributed by atoms with Crippen molar-refractivity contribution in [3.05, 3.63) is 47.9 Å². The highest BCUT2D eigenvalue weighted by atomic mass is 19.1. The van der Waals surface area contributed by atoms with Gasteiger partial charge in [0.15, 0.2) is 5.65 Å². The first-order chi connectivity index (χ1) is 14.1. The van der Waals surface area contributed by atoms with Crippen LogP contribution in [0.2, 0.25) is 0 Å². The summed E-state index contributed by atoms with van der Waals surface area (Å²) in [6.45, 7) is 3.10. The fraction of sp³-hybridized carbons (Fsp3) is 0.400. The molecule has 8 nitrogen and oxygen atoms in total. The van der Waals surface area contributed by atoms with Crippen LogP contribution in [0, 0.1) is 12.8 Å². The van der Waals surface area contributed by atoms with Gasteiger partial charge in [-0.15, -0.1) is 0 Å². The number of hydrogen-bond acceptors (Lipinski definition) is 6. The summed E-state index contributed by atoms with van der Waals surface area (Å²) in [6.07, 6.45) is 2.01. The zero-order valence-electron chi connectivity index (χ0n) is 16.1. The van der Waals surface area contributed by atoms with Gasteiger partial charge in [0.05, 0.1) is 18.1 Å². The predicted molar refractivity (Wildman–Crippen MR) is 106 cm³/mol. The number of nitrogens with one attached hydrogen (secondary N) is 2. The molecule has 29 heavy (non-hydrogen) atoms. The molecular formula is C20H23FN6O2. The standard InChI is InChI=1S/C20H23FN6O2/c1-13-2-4-14(5-3-13)11-29-20(28)27-7-6-15(17(21)10-27)8-22-18-16-9-25-26-19(16)24-12-23-18/h2-5,9,12,15,17H,6-8,10-11H2,1H3,(H2,22,23,24,25,26)/t15-,17-/m0/s1. The van der Waals surface area contributed by atoms with Gasteiger partial charge in [0.25, 0.3) is 0 Å². The third-order valence-electron chi connectivity index (χ3n) is 5.20. The maximum atomic E-state index is 14.7. The fourth-order valence-corrected chi connectivity index (χ4v) is 3.40. The minimum Gasteiger partial charge on any atom is -0.445 e. The van der Waals surface area contributed by atoms with E-state index in [0.29, 0.717) is 31.0 Å². The van der Waals surface area contributed by atoms with E-state index in [-0.39, 0.29) is 19.1 Å². The smallest absolute Gasteiger partial charge is 0.410 e. The van der Waals surface area contributed by atoms with Gasteiger partial charge in [-0.25, -0.2) is 19.2 Å². The molecule has 1 saturated heterocycles. The Morgan fingerprint density at radius 1 is 1.34 bits per heavy atom. The number of hydrogen-bond donors (Lipinski definition) is 2. The average molecular weight is 398 g/mol. The van der Waals surface area contributed by atoms with Crippen LogP contribution in [0.4, 0.5) is 15.0 Å². The van der Waals surface area contributed by atoms with Crippen molar-refractivity contribution in [2.75, 3.05) is 25.0 Å². The molecular weight excluding hydrogens is 375 g/mol. The molecule has 4 rings (SSSR count). The Morgan fingerprint density at radius 2 is 2.17 bits per heavy atom. The topological polar surface area (TPSA) is 96.0 Å². The van der Waals surface area contributed by atoms with Gasteiger partial charge in [0.2, 0.25) is 0 Å². The van der Waals surface area contributed by atoms with Gasteiger partial charge in [-0.1, -0.05) is 29.8 Å². The zero-order valence-corrected chi connectivity index (χ0v) is 16.1. The van der Waals surface area contributed by atoms with E-state index in [0.717, 1.165) is 16.5 Å².